The van der Waals surface area contributed by atoms with Gasteiger partial charge in [0.25, 0.3) is 0 Å². The number of ether oxygens (including phenoxy) is 3. The minimum Gasteiger partial charge on any atom is -0.493 e. The molecule has 4 rings (SSSR count). The molecule has 0 amide bonds. The van der Waals surface area contributed by atoms with Crippen LogP contribution in [0.4, 0.5) is 5.69 Å². The number of aliphatic imine (C=N–C) groups is 1. The number of aliphatic carboxylic acids is 1. The fraction of sp³-hybridized carbons (Fsp3) is 0.200. The standard InChI is InChI=1S/C25H22BrClN2O5/c1-32-20-10-14(11-21(33-2)24(20)34-3)25-28-19-9-8-15(26)12-17(19)23(29(25)13-22(30)31)16-6-4-5-7-18(16)27/h4-12,23H,13H2,1-3H3,(H,30,31)/t23-/m0/s1. The summed E-state index contributed by atoms with van der Waals surface area (Å²) in [5.41, 5.74) is 2.92. The van der Waals surface area contributed by atoms with Crippen molar-refractivity contribution in [1.82, 2.24) is 4.90 Å². The van der Waals surface area contributed by atoms with Gasteiger partial charge in [-0.05, 0) is 42.0 Å². The Bertz CT molecular complexity index is 1250. The third-order valence-electron chi connectivity index (χ3n) is 5.52. The van der Waals surface area contributed by atoms with E-state index in [4.69, 9.17) is 30.8 Å². The van der Waals surface area contributed by atoms with Gasteiger partial charge in [-0.2, -0.15) is 0 Å². The molecule has 3 aromatic carbocycles. The zero-order valence-corrected chi connectivity index (χ0v) is 21.1. The fourth-order valence-electron chi connectivity index (χ4n) is 4.10. The van der Waals surface area contributed by atoms with E-state index in [1.54, 1.807) is 23.1 Å². The Balaban J connectivity index is 2.01. The second-order valence-corrected chi connectivity index (χ2v) is 8.82. The molecular formula is C25H22BrClN2O5. The Morgan fingerprint density at radius 3 is 2.29 bits per heavy atom. The highest BCUT2D eigenvalue weighted by Gasteiger charge is 2.35. The zero-order valence-electron chi connectivity index (χ0n) is 18.7. The summed E-state index contributed by atoms with van der Waals surface area (Å²) in [7, 11) is 4.58. The minimum atomic E-state index is -1.00. The van der Waals surface area contributed by atoms with Crippen LogP contribution in [0, 0.1) is 0 Å². The van der Waals surface area contributed by atoms with E-state index in [0.29, 0.717) is 39.4 Å². The number of rotatable bonds is 7. The number of nitrogens with zero attached hydrogens (tertiary/aromatic N) is 2. The summed E-state index contributed by atoms with van der Waals surface area (Å²) >= 11 is 10.1. The molecule has 0 spiro atoms. The smallest absolute Gasteiger partial charge is 0.323 e. The van der Waals surface area contributed by atoms with Crippen LogP contribution in [-0.4, -0.2) is 49.7 Å². The second-order valence-electron chi connectivity index (χ2n) is 7.50. The molecule has 176 valence electrons. The van der Waals surface area contributed by atoms with Crippen LogP contribution in [0.3, 0.4) is 0 Å². The molecule has 0 bridgehead atoms. The summed E-state index contributed by atoms with van der Waals surface area (Å²) in [5.74, 6) is 0.746. The van der Waals surface area contributed by atoms with Crippen molar-refractivity contribution in [3.63, 3.8) is 0 Å². The maximum Gasteiger partial charge on any atom is 0.323 e. The van der Waals surface area contributed by atoms with Crippen molar-refractivity contribution in [2.24, 2.45) is 4.99 Å². The van der Waals surface area contributed by atoms with Crippen LogP contribution in [0.1, 0.15) is 22.7 Å². The Morgan fingerprint density at radius 1 is 1.03 bits per heavy atom. The largest absolute Gasteiger partial charge is 0.493 e. The van der Waals surface area contributed by atoms with Gasteiger partial charge in [-0.15, -0.1) is 0 Å². The molecule has 0 aliphatic carbocycles. The van der Waals surface area contributed by atoms with Crippen molar-refractivity contribution in [2.45, 2.75) is 6.04 Å². The maximum atomic E-state index is 12.0. The quantitative estimate of drug-likeness (QED) is 0.410. The van der Waals surface area contributed by atoms with Crippen molar-refractivity contribution in [3.05, 3.63) is 80.8 Å². The van der Waals surface area contributed by atoms with Crippen LogP contribution in [0.15, 0.2) is 64.1 Å². The maximum absolute atomic E-state index is 12.0. The summed E-state index contributed by atoms with van der Waals surface area (Å²) in [6.45, 7) is -0.308. The first kappa shape index (κ1) is 23.9. The molecule has 1 N–H and O–H groups in total. The van der Waals surface area contributed by atoms with Gasteiger partial charge in [0.2, 0.25) is 5.75 Å². The van der Waals surface area contributed by atoms with Gasteiger partial charge < -0.3 is 24.2 Å². The third-order valence-corrected chi connectivity index (χ3v) is 6.36. The van der Waals surface area contributed by atoms with E-state index in [2.05, 4.69) is 15.9 Å². The van der Waals surface area contributed by atoms with Gasteiger partial charge >= 0.3 is 5.97 Å². The van der Waals surface area contributed by atoms with Crippen LogP contribution in [0.2, 0.25) is 5.02 Å². The predicted octanol–water partition coefficient (Wildman–Crippen LogP) is 5.70. The lowest BCUT2D eigenvalue weighted by Gasteiger charge is -2.38. The summed E-state index contributed by atoms with van der Waals surface area (Å²) in [6.07, 6.45) is 0. The van der Waals surface area contributed by atoms with Gasteiger partial charge in [0, 0.05) is 20.6 Å². The van der Waals surface area contributed by atoms with Crippen molar-refractivity contribution >= 4 is 45.0 Å². The molecule has 7 nitrogen and oxygen atoms in total. The summed E-state index contributed by atoms with van der Waals surface area (Å²) in [6, 6.07) is 16.1. The van der Waals surface area contributed by atoms with E-state index in [-0.39, 0.29) is 6.54 Å². The first-order valence-electron chi connectivity index (χ1n) is 10.3. The third kappa shape index (κ3) is 4.43. The fourth-order valence-corrected chi connectivity index (χ4v) is 4.72. The number of fused-ring (bicyclic) bond motifs is 1. The van der Waals surface area contributed by atoms with Gasteiger partial charge in [-0.25, -0.2) is 4.99 Å². The zero-order chi connectivity index (χ0) is 24.4. The SMILES string of the molecule is COc1cc(C2=Nc3ccc(Br)cc3[C@H](c3ccccc3Cl)N2CC(=O)O)cc(OC)c1OC. The number of carboxylic acid groups (broad SMARTS) is 1. The molecule has 0 aromatic heterocycles. The first-order chi connectivity index (χ1) is 16.4. The molecule has 1 aliphatic rings. The molecule has 1 heterocycles. The van der Waals surface area contributed by atoms with Crippen molar-refractivity contribution in [1.29, 1.82) is 0 Å². The molecular weight excluding hydrogens is 524 g/mol. The number of carboxylic acids is 1. The molecule has 0 saturated carbocycles. The van der Waals surface area contributed by atoms with Gasteiger partial charge in [0.05, 0.1) is 33.1 Å². The lowest BCUT2D eigenvalue weighted by atomic mass is 9.92. The summed E-state index contributed by atoms with van der Waals surface area (Å²) in [5, 5.41) is 10.4. The molecule has 1 atom stereocenters. The lowest BCUT2D eigenvalue weighted by Crippen LogP contribution is -2.41. The van der Waals surface area contributed by atoms with Gasteiger partial charge in [-0.1, -0.05) is 45.7 Å². The van der Waals surface area contributed by atoms with Crippen LogP contribution < -0.4 is 14.2 Å². The van der Waals surface area contributed by atoms with Crippen LogP contribution >= 0.6 is 27.5 Å². The number of hydrogen-bond donors (Lipinski definition) is 1. The molecule has 34 heavy (non-hydrogen) atoms. The number of methoxy groups -OCH3 is 3. The van der Waals surface area contributed by atoms with Gasteiger partial charge in [-0.3, -0.25) is 4.79 Å². The van der Waals surface area contributed by atoms with Gasteiger partial charge in [0.15, 0.2) is 11.5 Å². The Morgan fingerprint density at radius 2 is 1.71 bits per heavy atom. The van der Waals surface area contributed by atoms with Gasteiger partial charge in [0.1, 0.15) is 12.4 Å². The number of carbonyl (C=O) groups is 1. The number of amidine groups is 1. The van der Waals surface area contributed by atoms with Crippen LogP contribution in [0.25, 0.3) is 0 Å². The summed E-state index contributed by atoms with van der Waals surface area (Å²) in [4.78, 5) is 18.6. The van der Waals surface area contributed by atoms with Crippen LogP contribution in [-0.2, 0) is 4.79 Å². The molecule has 0 radical (unpaired) electrons. The highest BCUT2D eigenvalue weighted by atomic mass is 79.9. The molecule has 1 aliphatic heterocycles. The number of benzene rings is 3. The topological polar surface area (TPSA) is 80.6 Å². The Hall–Kier alpha value is -3.23. The van der Waals surface area contributed by atoms with Crippen molar-refractivity contribution in [2.75, 3.05) is 27.9 Å². The predicted molar refractivity (Wildman–Crippen MR) is 134 cm³/mol. The average Bonchev–Trinajstić information content (AvgIpc) is 2.83. The highest BCUT2D eigenvalue weighted by molar-refractivity contribution is 9.10. The lowest BCUT2D eigenvalue weighted by molar-refractivity contribution is -0.137. The normalized spacial score (nSPS) is 14.8. The van der Waals surface area contributed by atoms with E-state index in [9.17, 15) is 9.90 Å². The van der Waals surface area contributed by atoms with Crippen LogP contribution in [0.5, 0.6) is 17.2 Å². The summed E-state index contributed by atoms with van der Waals surface area (Å²) < 4.78 is 17.3. The Labute approximate surface area is 210 Å². The molecule has 9 heteroatoms. The highest BCUT2D eigenvalue weighted by Crippen LogP contribution is 2.45. The van der Waals surface area contributed by atoms with Crippen molar-refractivity contribution < 1.29 is 24.1 Å². The molecule has 3 aromatic rings. The number of halogens is 2. The van der Waals surface area contributed by atoms with E-state index in [0.717, 1.165) is 15.6 Å². The monoisotopic (exact) mass is 544 g/mol. The minimum absolute atomic E-state index is 0.308. The number of hydrogen-bond acceptors (Lipinski definition) is 6. The van der Waals surface area contributed by atoms with E-state index in [1.165, 1.54) is 21.3 Å². The van der Waals surface area contributed by atoms with E-state index in [1.807, 2.05) is 36.4 Å². The second kappa shape index (κ2) is 9.95. The van der Waals surface area contributed by atoms with E-state index < -0.39 is 12.0 Å². The molecule has 0 saturated heterocycles. The average molecular weight is 546 g/mol. The Kier molecular flexibility index (Phi) is 7.00. The first-order valence-corrected chi connectivity index (χ1v) is 11.5. The molecule has 0 unspecified atom stereocenters. The van der Waals surface area contributed by atoms with E-state index >= 15 is 0 Å². The molecule has 0 fully saturated rings. The van der Waals surface area contributed by atoms with Crippen molar-refractivity contribution in [3.8, 4) is 17.2 Å².